The first-order valence-electron chi connectivity index (χ1n) is 11.1. The second kappa shape index (κ2) is 10.6. The summed E-state index contributed by atoms with van der Waals surface area (Å²) in [5.41, 5.74) is 1.40. The molecule has 0 aliphatic carbocycles. The second-order valence-corrected chi connectivity index (χ2v) is 8.61. The predicted molar refractivity (Wildman–Crippen MR) is 125 cm³/mol. The molecule has 4 rings (SSSR count). The van der Waals surface area contributed by atoms with Gasteiger partial charge in [-0.1, -0.05) is 29.6 Å². The summed E-state index contributed by atoms with van der Waals surface area (Å²) >= 11 is 6.30. The third kappa shape index (κ3) is 5.64. The molecular formula is C25H20ClF3N4O3. The van der Waals surface area contributed by atoms with Crippen LogP contribution in [0.2, 0.25) is 5.02 Å². The lowest BCUT2D eigenvalue weighted by atomic mass is 9.98. The molecule has 1 atom stereocenters. The number of carbonyl (C=O) groups is 1. The molecule has 1 aromatic carbocycles. The van der Waals surface area contributed by atoms with Crippen LogP contribution in [0.25, 0.3) is 0 Å². The molecule has 1 N–H and O–H groups in total. The molecule has 0 bridgehead atoms. The minimum absolute atomic E-state index is 0.0246. The summed E-state index contributed by atoms with van der Waals surface area (Å²) in [5, 5.41) is 12.9. The average molecular weight is 517 g/mol. The monoisotopic (exact) mass is 516 g/mol. The SMILES string of the molecule is C[C@@H](CC(=O)c1ncnc(C#CCCCO)c1Cl)c1cc(C2=Nc3ccc(C(F)(F)F)cc3C2)on1. The summed E-state index contributed by atoms with van der Waals surface area (Å²) in [6.45, 7) is 1.81. The van der Waals surface area contributed by atoms with E-state index in [1.54, 1.807) is 13.0 Å². The van der Waals surface area contributed by atoms with Crippen LogP contribution in [-0.2, 0) is 12.6 Å². The number of alkyl halides is 3. The van der Waals surface area contributed by atoms with Crippen molar-refractivity contribution in [3.8, 4) is 11.8 Å². The van der Waals surface area contributed by atoms with Gasteiger partial charge in [0.25, 0.3) is 0 Å². The Bertz CT molecular complexity index is 1390. The molecule has 0 saturated carbocycles. The molecule has 0 unspecified atom stereocenters. The van der Waals surface area contributed by atoms with Crippen LogP contribution in [-0.4, -0.2) is 38.3 Å². The number of benzene rings is 1. The molecule has 0 spiro atoms. The van der Waals surface area contributed by atoms with Crippen molar-refractivity contribution < 1.29 is 27.6 Å². The Labute approximate surface area is 209 Å². The van der Waals surface area contributed by atoms with E-state index in [4.69, 9.17) is 21.2 Å². The zero-order valence-corrected chi connectivity index (χ0v) is 19.8. The van der Waals surface area contributed by atoms with Gasteiger partial charge < -0.3 is 9.63 Å². The van der Waals surface area contributed by atoms with Crippen molar-refractivity contribution in [2.45, 2.75) is 44.7 Å². The van der Waals surface area contributed by atoms with Crippen LogP contribution in [0.15, 0.2) is 40.1 Å². The summed E-state index contributed by atoms with van der Waals surface area (Å²) in [7, 11) is 0. The molecule has 0 radical (unpaired) electrons. The summed E-state index contributed by atoms with van der Waals surface area (Å²) in [5.74, 6) is 5.26. The van der Waals surface area contributed by atoms with Gasteiger partial charge in [0.1, 0.15) is 22.7 Å². The van der Waals surface area contributed by atoms with E-state index in [1.807, 2.05) is 0 Å². The molecule has 3 heterocycles. The van der Waals surface area contributed by atoms with Crippen molar-refractivity contribution in [1.29, 1.82) is 0 Å². The van der Waals surface area contributed by atoms with Gasteiger partial charge in [0.2, 0.25) is 0 Å². The molecule has 36 heavy (non-hydrogen) atoms. The smallest absolute Gasteiger partial charge is 0.396 e. The number of carbonyl (C=O) groups excluding carboxylic acids is 1. The first-order chi connectivity index (χ1) is 17.2. The number of fused-ring (bicyclic) bond motifs is 1. The van der Waals surface area contributed by atoms with E-state index in [2.05, 4.69) is 32.0 Å². The topological polar surface area (TPSA) is 101 Å². The van der Waals surface area contributed by atoms with E-state index in [-0.39, 0.29) is 47.6 Å². The van der Waals surface area contributed by atoms with Gasteiger partial charge in [-0.05, 0) is 36.1 Å². The number of hydrogen-bond acceptors (Lipinski definition) is 7. The number of unbranched alkanes of at least 4 members (excludes halogenated alkanes) is 1. The number of nitrogens with zero attached hydrogens (tertiary/aromatic N) is 4. The number of aliphatic hydroxyl groups is 1. The van der Waals surface area contributed by atoms with Crippen LogP contribution in [0, 0.1) is 11.8 Å². The van der Waals surface area contributed by atoms with Crippen molar-refractivity contribution in [3.05, 3.63) is 69.6 Å². The highest BCUT2D eigenvalue weighted by atomic mass is 35.5. The molecule has 1 aliphatic rings. The highest BCUT2D eigenvalue weighted by Gasteiger charge is 2.32. The van der Waals surface area contributed by atoms with Crippen molar-refractivity contribution >= 4 is 28.8 Å². The van der Waals surface area contributed by atoms with Gasteiger partial charge in [0.05, 0.1) is 22.7 Å². The predicted octanol–water partition coefficient (Wildman–Crippen LogP) is 5.31. The fraction of sp³-hybridized carbons (Fsp3) is 0.320. The van der Waals surface area contributed by atoms with Crippen LogP contribution in [0.5, 0.6) is 0 Å². The van der Waals surface area contributed by atoms with Gasteiger partial charge in [-0.15, -0.1) is 0 Å². The Morgan fingerprint density at radius 1 is 1.28 bits per heavy atom. The first-order valence-corrected chi connectivity index (χ1v) is 11.4. The summed E-state index contributed by atoms with van der Waals surface area (Å²) < 4.78 is 44.4. The molecular weight excluding hydrogens is 497 g/mol. The normalized spacial score (nSPS) is 13.6. The van der Waals surface area contributed by atoms with Gasteiger partial charge in [-0.3, -0.25) is 4.79 Å². The van der Waals surface area contributed by atoms with E-state index >= 15 is 0 Å². The lowest BCUT2D eigenvalue weighted by Crippen LogP contribution is -2.09. The van der Waals surface area contributed by atoms with Crippen molar-refractivity contribution in [2.24, 2.45) is 4.99 Å². The Morgan fingerprint density at radius 2 is 2.08 bits per heavy atom. The Morgan fingerprint density at radius 3 is 2.83 bits per heavy atom. The average Bonchev–Trinajstić information content (AvgIpc) is 3.49. The molecule has 0 amide bonds. The van der Waals surface area contributed by atoms with Crippen molar-refractivity contribution in [1.82, 2.24) is 15.1 Å². The number of aliphatic imine (C=N–C) groups is 1. The third-order valence-corrected chi connectivity index (χ3v) is 5.91. The highest BCUT2D eigenvalue weighted by Crippen LogP contribution is 2.36. The van der Waals surface area contributed by atoms with E-state index in [9.17, 15) is 18.0 Å². The van der Waals surface area contributed by atoms with Crippen LogP contribution in [0.1, 0.15) is 70.9 Å². The van der Waals surface area contributed by atoms with E-state index in [1.165, 1.54) is 12.4 Å². The minimum atomic E-state index is -4.43. The Kier molecular flexibility index (Phi) is 7.52. The maximum absolute atomic E-state index is 13.0. The number of rotatable bonds is 7. The van der Waals surface area contributed by atoms with E-state index in [0.717, 1.165) is 12.1 Å². The van der Waals surface area contributed by atoms with Crippen LogP contribution >= 0.6 is 11.6 Å². The lowest BCUT2D eigenvalue weighted by Gasteiger charge is -2.08. The van der Waals surface area contributed by atoms with Gasteiger partial charge in [-0.2, -0.15) is 13.2 Å². The third-order valence-electron chi connectivity index (χ3n) is 5.55. The number of aliphatic hydroxyl groups excluding tert-OH is 1. The molecule has 2 aromatic heterocycles. The van der Waals surface area contributed by atoms with Crippen LogP contribution in [0.4, 0.5) is 18.9 Å². The van der Waals surface area contributed by atoms with E-state index in [0.29, 0.717) is 41.3 Å². The minimum Gasteiger partial charge on any atom is -0.396 e. The largest absolute Gasteiger partial charge is 0.416 e. The fourth-order valence-electron chi connectivity index (χ4n) is 3.62. The standard InChI is InChI=1S/C25H20ClF3N4O3/c1-14(9-21(35)24-23(26)18(30-13-31-24)5-3-2-4-8-34)19-12-22(36-33-19)20-11-15-10-16(25(27,28)29)6-7-17(15)32-20/h6-7,10,12-14,34H,2,4,8-9,11H2,1H3/t14-/m0/s1. The number of ketones is 1. The van der Waals surface area contributed by atoms with Crippen LogP contribution in [0.3, 0.4) is 0 Å². The van der Waals surface area contributed by atoms with Gasteiger partial charge in [0.15, 0.2) is 11.5 Å². The van der Waals surface area contributed by atoms with Crippen molar-refractivity contribution in [3.63, 3.8) is 0 Å². The van der Waals surface area contributed by atoms with Gasteiger partial charge in [0, 0.05) is 37.9 Å². The Balaban J connectivity index is 1.44. The van der Waals surface area contributed by atoms with Crippen LogP contribution < -0.4 is 0 Å². The van der Waals surface area contributed by atoms with Gasteiger partial charge in [-0.25, -0.2) is 15.0 Å². The fourth-order valence-corrected chi connectivity index (χ4v) is 3.87. The molecule has 3 aromatic rings. The molecule has 186 valence electrons. The first kappa shape index (κ1) is 25.5. The Hall–Kier alpha value is -3.55. The van der Waals surface area contributed by atoms with Crippen molar-refractivity contribution in [2.75, 3.05) is 6.61 Å². The number of hydrogen-bond donors (Lipinski definition) is 1. The zero-order valence-electron chi connectivity index (χ0n) is 19.1. The summed E-state index contributed by atoms with van der Waals surface area (Å²) in [6, 6.07) is 5.05. The highest BCUT2D eigenvalue weighted by molar-refractivity contribution is 6.34. The maximum atomic E-state index is 13.0. The molecule has 1 aliphatic heterocycles. The van der Waals surface area contributed by atoms with Gasteiger partial charge >= 0.3 is 6.18 Å². The summed E-state index contributed by atoms with van der Waals surface area (Å²) in [4.78, 5) is 25.3. The quantitative estimate of drug-likeness (QED) is 0.259. The second-order valence-electron chi connectivity index (χ2n) is 8.23. The number of Topliss-reactive ketones (excluding diaryl/α,β-unsaturated/α-hetero) is 1. The molecule has 11 heteroatoms. The van der Waals surface area contributed by atoms with E-state index < -0.39 is 11.7 Å². The zero-order chi connectivity index (χ0) is 25.9. The molecule has 0 fully saturated rings. The number of halogens is 4. The molecule has 7 nitrogen and oxygen atoms in total. The maximum Gasteiger partial charge on any atom is 0.416 e. The lowest BCUT2D eigenvalue weighted by molar-refractivity contribution is -0.137. The molecule has 0 saturated heterocycles. The summed E-state index contributed by atoms with van der Waals surface area (Å²) in [6.07, 6.45) is -2.02. The number of aromatic nitrogens is 3.